The van der Waals surface area contributed by atoms with Crippen LogP contribution in [0.3, 0.4) is 0 Å². The normalized spacial score (nSPS) is 19.1. The van der Waals surface area contributed by atoms with Crippen molar-refractivity contribution < 1.29 is 58.2 Å². The van der Waals surface area contributed by atoms with Crippen molar-refractivity contribution in [1.29, 1.82) is 0 Å². The number of allylic oxidation sites excluding steroid dienone is 13. The van der Waals surface area contributed by atoms with Crippen molar-refractivity contribution in [2.24, 2.45) is 0 Å². The Kier molecular flexibility index (Phi) is 42.9. The number of hydrogen-bond acceptors (Lipinski definition) is 11. The van der Waals surface area contributed by atoms with E-state index in [0.717, 1.165) is 96.3 Å². The molecular formula is C59H96O12. The summed E-state index contributed by atoms with van der Waals surface area (Å²) < 4.78 is 28.2. The summed E-state index contributed by atoms with van der Waals surface area (Å²) in [5, 5.41) is 31.3. The third kappa shape index (κ3) is 37.3. The van der Waals surface area contributed by atoms with Crippen LogP contribution in [-0.2, 0) is 42.9 Å². The van der Waals surface area contributed by atoms with Gasteiger partial charge in [-0.15, -0.1) is 0 Å². The van der Waals surface area contributed by atoms with Crippen molar-refractivity contribution in [2.75, 3.05) is 13.2 Å². The highest BCUT2D eigenvalue weighted by atomic mass is 16.7. The van der Waals surface area contributed by atoms with Gasteiger partial charge in [-0.05, 0) is 70.6 Å². The lowest BCUT2D eigenvalue weighted by molar-refractivity contribution is -0.301. The highest BCUT2D eigenvalue weighted by molar-refractivity contribution is 5.74. The number of aliphatic hydroxyl groups excluding tert-OH is 2. The summed E-state index contributed by atoms with van der Waals surface area (Å²) >= 11 is 0. The van der Waals surface area contributed by atoms with Gasteiger partial charge in [0.05, 0.1) is 13.0 Å². The van der Waals surface area contributed by atoms with E-state index in [1.165, 1.54) is 57.8 Å². The molecule has 1 fully saturated rings. The molecule has 12 nitrogen and oxygen atoms in total. The first-order chi connectivity index (χ1) is 34.6. The van der Waals surface area contributed by atoms with Crippen LogP contribution in [0.25, 0.3) is 0 Å². The maximum Gasteiger partial charge on any atom is 0.335 e. The number of carboxylic acids is 1. The summed E-state index contributed by atoms with van der Waals surface area (Å²) in [7, 11) is 0. The minimum Gasteiger partial charge on any atom is -0.479 e. The maximum absolute atomic E-state index is 13.1. The van der Waals surface area contributed by atoms with E-state index < -0.39 is 67.3 Å². The molecule has 0 amide bonds. The zero-order chi connectivity index (χ0) is 51.8. The minimum atomic E-state index is -1.94. The topological polar surface area (TPSA) is 175 Å². The number of carbonyl (C=O) groups excluding carboxylic acids is 3. The molecule has 0 spiro atoms. The third-order valence-electron chi connectivity index (χ3n) is 12.0. The monoisotopic (exact) mass is 997 g/mol. The van der Waals surface area contributed by atoms with Gasteiger partial charge in [-0.2, -0.15) is 0 Å². The zero-order valence-corrected chi connectivity index (χ0v) is 44.2. The average Bonchev–Trinajstić information content (AvgIpc) is 3.35. The van der Waals surface area contributed by atoms with Crippen LogP contribution in [0.5, 0.6) is 0 Å². The van der Waals surface area contributed by atoms with Crippen molar-refractivity contribution in [2.45, 2.75) is 250 Å². The van der Waals surface area contributed by atoms with E-state index in [-0.39, 0.29) is 25.9 Å². The zero-order valence-electron chi connectivity index (χ0n) is 44.2. The molecule has 1 aliphatic heterocycles. The van der Waals surface area contributed by atoms with Crippen LogP contribution in [0.4, 0.5) is 0 Å². The fourth-order valence-electron chi connectivity index (χ4n) is 7.77. The SMILES string of the molecule is CC/C=C\C/C=C\C/C=C\C/C=C\C/C=C\CC(=O)OC1C(OCC(COC(=O)CCCCCCC/C=C\C/C=C\CCC)OC(=O)CCCCCCCCCCCCCCC)OC(C(=O)O)C(O)C1O. The lowest BCUT2D eigenvalue weighted by atomic mass is 9.98. The summed E-state index contributed by atoms with van der Waals surface area (Å²) in [6.07, 6.45) is 47.3. The van der Waals surface area contributed by atoms with Gasteiger partial charge >= 0.3 is 23.9 Å². The van der Waals surface area contributed by atoms with Crippen molar-refractivity contribution in [3.05, 3.63) is 85.1 Å². The van der Waals surface area contributed by atoms with Crippen molar-refractivity contribution >= 4 is 23.9 Å². The van der Waals surface area contributed by atoms with Gasteiger partial charge < -0.3 is 39.0 Å². The van der Waals surface area contributed by atoms with Crippen molar-refractivity contribution in [1.82, 2.24) is 0 Å². The highest BCUT2D eigenvalue weighted by Gasteiger charge is 2.50. The lowest BCUT2D eigenvalue weighted by Gasteiger charge is -2.40. The molecule has 0 radical (unpaired) electrons. The number of unbranched alkanes of at least 4 members (excludes halogenated alkanes) is 18. The molecule has 71 heavy (non-hydrogen) atoms. The molecule has 6 atom stereocenters. The van der Waals surface area contributed by atoms with E-state index >= 15 is 0 Å². The summed E-state index contributed by atoms with van der Waals surface area (Å²) in [5.41, 5.74) is 0. The van der Waals surface area contributed by atoms with Gasteiger partial charge in [0.25, 0.3) is 0 Å². The fourth-order valence-corrected chi connectivity index (χ4v) is 7.77. The molecule has 6 unspecified atom stereocenters. The average molecular weight is 997 g/mol. The smallest absolute Gasteiger partial charge is 0.335 e. The number of ether oxygens (including phenoxy) is 5. The Morgan fingerprint density at radius 3 is 1.48 bits per heavy atom. The second-order valence-corrected chi connectivity index (χ2v) is 18.5. The first-order valence-corrected chi connectivity index (χ1v) is 27.6. The van der Waals surface area contributed by atoms with E-state index in [1.807, 2.05) is 12.2 Å². The number of carboxylic acid groups (broad SMARTS) is 1. The van der Waals surface area contributed by atoms with Crippen molar-refractivity contribution in [3.63, 3.8) is 0 Å². The van der Waals surface area contributed by atoms with Crippen molar-refractivity contribution in [3.8, 4) is 0 Å². The molecule has 1 rings (SSSR count). The quantitative estimate of drug-likeness (QED) is 0.0228. The first-order valence-electron chi connectivity index (χ1n) is 27.6. The molecule has 0 saturated carbocycles. The van der Waals surface area contributed by atoms with Gasteiger partial charge in [0, 0.05) is 12.8 Å². The highest BCUT2D eigenvalue weighted by Crippen LogP contribution is 2.26. The fraction of sp³-hybridized carbons (Fsp3) is 0.695. The van der Waals surface area contributed by atoms with Crippen LogP contribution in [0.1, 0.15) is 213 Å². The molecule has 1 aliphatic rings. The van der Waals surface area contributed by atoms with Gasteiger partial charge in [-0.1, -0.05) is 209 Å². The number of aliphatic carboxylic acids is 1. The Labute approximate surface area is 429 Å². The second kappa shape index (κ2) is 46.9. The van der Waals surface area contributed by atoms with E-state index in [2.05, 4.69) is 81.5 Å². The Balaban J connectivity index is 2.78. The third-order valence-corrected chi connectivity index (χ3v) is 12.0. The van der Waals surface area contributed by atoms with E-state index in [0.29, 0.717) is 19.3 Å². The number of esters is 3. The lowest BCUT2D eigenvalue weighted by Crippen LogP contribution is -2.61. The molecular weight excluding hydrogens is 901 g/mol. The molecule has 0 aromatic heterocycles. The molecule has 0 aromatic carbocycles. The van der Waals surface area contributed by atoms with Gasteiger partial charge in [-0.25, -0.2) is 4.79 Å². The molecule has 404 valence electrons. The summed E-state index contributed by atoms with van der Waals surface area (Å²) in [4.78, 5) is 50.9. The van der Waals surface area contributed by atoms with Gasteiger partial charge in [0.1, 0.15) is 18.8 Å². The van der Waals surface area contributed by atoms with Crippen LogP contribution in [0, 0.1) is 0 Å². The molecule has 1 heterocycles. The Morgan fingerprint density at radius 2 is 0.958 bits per heavy atom. The first kappa shape index (κ1) is 64.9. The predicted octanol–water partition coefficient (Wildman–Crippen LogP) is 13.6. The van der Waals surface area contributed by atoms with Crippen LogP contribution in [0.2, 0.25) is 0 Å². The second-order valence-electron chi connectivity index (χ2n) is 18.5. The number of rotatable bonds is 45. The summed E-state index contributed by atoms with van der Waals surface area (Å²) in [6, 6.07) is 0. The van der Waals surface area contributed by atoms with Crippen LogP contribution in [-0.4, -0.2) is 89.2 Å². The minimum absolute atomic E-state index is 0.149. The molecule has 0 aromatic rings. The van der Waals surface area contributed by atoms with E-state index in [1.54, 1.807) is 12.2 Å². The molecule has 0 aliphatic carbocycles. The Morgan fingerprint density at radius 1 is 0.493 bits per heavy atom. The van der Waals surface area contributed by atoms with Gasteiger partial charge in [-0.3, -0.25) is 14.4 Å². The number of hydrogen-bond donors (Lipinski definition) is 3. The molecule has 12 heteroatoms. The standard InChI is InChI=1S/C59H96O12/c1-4-7-10-13-16-19-22-25-26-29-32-35-38-41-44-47-53(62)70-57-55(64)54(63)56(58(65)66)71-59(57)68-49-50(69-52(61)46-43-40-37-34-31-28-24-21-18-15-12-9-6-3)48-67-51(60)45-42-39-36-33-30-27-23-20-17-14-11-8-5-2/h7,10-11,14,16,19-20,23,25-26,32,35,41,44,50,54-57,59,63-64H,4-6,8-9,12-13,15,17-18,21-22,24,27-31,33-34,36-40,42-43,45-49H2,1-3H3,(H,65,66)/b10-7-,14-11-,19-16-,23-20-,26-25-,35-32-,44-41-. The Hall–Kier alpha value is -4.10. The maximum atomic E-state index is 13.1. The Bertz CT molecular complexity index is 1560. The van der Waals surface area contributed by atoms with E-state index in [9.17, 15) is 34.5 Å². The largest absolute Gasteiger partial charge is 0.479 e. The van der Waals surface area contributed by atoms with E-state index in [4.69, 9.17) is 23.7 Å². The number of carbonyl (C=O) groups is 4. The van der Waals surface area contributed by atoms with Gasteiger partial charge in [0.15, 0.2) is 24.6 Å². The molecule has 1 saturated heterocycles. The number of aliphatic hydroxyl groups is 2. The van der Waals surface area contributed by atoms with Crippen LogP contribution in [0.15, 0.2) is 85.1 Å². The predicted molar refractivity (Wildman–Crippen MR) is 284 cm³/mol. The molecule has 3 N–H and O–H groups in total. The van der Waals surface area contributed by atoms with Crippen LogP contribution < -0.4 is 0 Å². The summed E-state index contributed by atoms with van der Waals surface area (Å²) in [5.74, 6) is -3.30. The summed E-state index contributed by atoms with van der Waals surface area (Å²) in [6.45, 7) is 5.74. The van der Waals surface area contributed by atoms with Crippen LogP contribution >= 0.6 is 0 Å². The molecule has 0 bridgehead atoms. The van der Waals surface area contributed by atoms with Gasteiger partial charge in [0.2, 0.25) is 0 Å².